The minimum Gasteiger partial charge on any atom is -0.369 e. The predicted molar refractivity (Wildman–Crippen MR) is 147 cm³/mol. The van der Waals surface area contributed by atoms with Crippen molar-refractivity contribution >= 4 is 17.6 Å². The second-order valence-electron chi connectivity index (χ2n) is 9.40. The minimum absolute atomic E-state index is 0.0539. The second kappa shape index (κ2) is 13.7. The van der Waals surface area contributed by atoms with Crippen molar-refractivity contribution in [3.8, 4) is 17.3 Å². The number of nitrogens with zero attached hydrogens (tertiary/aromatic N) is 5. The monoisotopic (exact) mass is 541 g/mol. The Hall–Kier alpha value is -4.94. The molecule has 11 heteroatoms. The lowest BCUT2D eigenvalue weighted by Gasteiger charge is -2.31. The summed E-state index contributed by atoms with van der Waals surface area (Å²) in [5, 5.41) is 19.2. The molecule has 4 rings (SSSR count). The molecule has 40 heavy (non-hydrogen) atoms. The fourth-order valence-corrected chi connectivity index (χ4v) is 4.71. The number of amides is 2. The zero-order valence-corrected chi connectivity index (χ0v) is 21.9. The number of pyridine rings is 1. The van der Waals surface area contributed by atoms with Gasteiger partial charge in [0.25, 0.3) is 5.91 Å². The van der Waals surface area contributed by atoms with Gasteiger partial charge in [-0.2, -0.15) is 5.26 Å². The van der Waals surface area contributed by atoms with Gasteiger partial charge in [0.15, 0.2) is 0 Å². The molecule has 204 valence electrons. The van der Waals surface area contributed by atoms with Crippen LogP contribution in [-0.4, -0.2) is 54.4 Å². The van der Waals surface area contributed by atoms with Gasteiger partial charge >= 0.3 is 0 Å². The van der Waals surface area contributed by atoms with Crippen LogP contribution in [0.2, 0.25) is 0 Å². The number of nitrogens with one attached hydrogen (secondary N) is 3. The maximum atomic E-state index is 13.6. The van der Waals surface area contributed by atoms with Crippen LogP contribution in [0.25, 0.3) is 11.3 Å². The quantitative estimate of drug-likeness (QED) is 0.248. The number of anilines is 1. The third-order valence-corrected chi connectivity index (χ3v) is 6.75. The summed E-state index contributed by atoms with van der Waals surface area (Å²) in [6.45, 7) is 1.85. The average molecular weight is 542 g/mol. The normalized spacial score (nSPS) is 14.7. The van der Waals surface area contributed by atoms with Crippen LogP contribution in [0.5, 0.6) is 0 Å². The van der Waals surface area contributed by atoms with Crippen molar-refractivity contribution in [1.82, 2.24) is 20.1 Å². The average Bonchev–Trinajstić information content (AvgIpc) is 2.97. The SMILES string of the molecule is N#Cc1ccccc1-c1ccc(C(=O)NCC2CCCN(CCN=[N+]=N)C2=O)c(NCCc2cccc(F)c2)n1. The first-order chi connectivity index (χ1) is 19.5. The van der Waals surface area contributed by atoms with Crippen LogP contribution in [0.15, 0.2) is 65.8 Å². The highest BCUT2D eigenvalue weighted by atomic mass is 19.1. The molecule has 3 N–H and O–H groups in total. The Bertz CT molecular complexity index is 1460. The van der Waals surface area contributed by atoms with E-state index in [2.05, 4.69) is 31.7 Å². The number of hydrogen-bond donors (Lipinski definition) is 3. The summed E-state index contributed by atoms with van der Waals surface area (Å²) in [7, 11) is 0. The first kappa shape index (κ1) is 28.1. The molecule has 10 nitrogen and oxygen atoms in total. The summed E-state index contributed by atoms with van der Waals surface area (Å²) < 4.78 is 13.6. The molecule has 0 bridgehead atoms. The van der Waals surface area contributed by atoms with Gasteiger partial charge < -0.3 is 15.5 Å². The number of aromatic nitrogens is 1. The summed E-state index contributed by atoms with van der Waals surface area (Å²) >= 11 is 0. The molecule has 2 heterocycles. The summed E-state index contributed by atoms with van der Waals surface area (Å²) in [6.07, 6.45) is 1.98. The molecule has 0 spiro atoms. The summed E-state index contributed by atoms with van der Waals surface area (Å²) in [5.41, 5.74) is 9.50. The van der Waals surface area contributed by atoms with Crippen molar-refractivity contribution < 1.29 is 14.0 Å². The van der Waals surface area contributed by atoms with E-state index < -0.39 is 0 Å². The van der Waals surface area contributed by atoms with Gasteiger partial charge in [-0.25, -0.2) is 9.37 Å². The third kappa shape index (κ3) is 7.12. The number of piperidine rings is 1. The fourth-order valence-electron chi connectivity index (χ4n) is 4.71. The maximum Gasteiger partial charge on any atom is 0.255 e. The van der Waals surface area contributed by atoms with Gasteiger partial charge in [0.1, 0.15) is 28.8 Å². The minimum atomic E-state index is -0.381. The number of rotatable bonds is 11. The molecule has 0 radical (unpaired) electrons. The number of likely N-dealkylation sites (tertiary alicyclic amines) is 1. The molecule has 1 atom stereocenters. The Morgan fingerprint density at radius 2 is 2.08 bits per heavy atom. The molecule has 1 aliphatic heterocycles. The van der Waals surface area contributed by atoms with E-state index in [1.807, 2.05) is 12.1 Å². The van der Waals surface area contributed by atoms with Gasteiger partial charge in [-0.05, 0) is 55.2 Å². The summed E-state index contributed by atoms with van der Waals surface area (Å²) in [5.74, 6) is -0.778. The molecule has 1 aliphatic rings. The first-order valence-corrected chi connectivity index (χ1v) is 13.1. The van der Waals surface area contributed by atoms with Gasteiger partial charge in [0.2, 0.25) is 10.8 Å². The van der Waals surface area contributed by atoms with Gasteiger partial charge in [-0.3, -0.25) is 9.59 Å². The Kier molecular flexibility index (Phi) is 9.64. The number of nitriles is 1. The number of halogens is 1. The van der Waals surface area contributed by atoms with Gasteiger partial charge in [0, 0.05) is 31.7 Å². The van der Waals surface area contributed by atoms with E-state index in [1.165, 1.54) is 12.1 Å². The van der Waals surface area contributed by atoms with E-state index in [-0.39, 0.29) is 36.6 Å². The number of carbonyl (C=O) groups is 2. The number of carbonyl (C=O) groups excluding carboxylic acids is 2. The van der Waals surface area contributed by atoms with Crippen molar-refractivity contribution in [2.24, 2.45) is 11.0 Å². The van der Waals surface area contributed by atoms with Crippen LogP contribution in [0, 0.1) is 28.6 Å². The molecular formula is C29H30FN8O2+. The van der Waals surface area contributed by atoms with Crippen LogP contribution in [0.1, 0.15) is 34.3 Å². The molecule has 1 saturated heterocycles. The molecule has 3 aromatic rings. The highest BCUT2D eigenvalue weighted by molar-refractivity contribution is 5.99. The Labute approximate surface area is 231 Å². The van der Waals surface area contributed by atoms with E-state index in [9.17, 15) is 19.2 Å². The molecule has 0 saturated carbocycles. The van der Waals surface area contributed by atoms with Crippen molar-refractivity contribution in [2.45, 2.75) is 19.3 Å². The van der Waals surface area contributed by atoms with Crippen LogP contribution in [0.3, 0.4) is 0 Å². The molecule has 1 fully saturated rings. The Morgan fingerprint density at radius 3 is 2.88 bits per heavy atom. The van der Waals surface area contributed by atoms with E-state index in [1.54, 1.807) is 41.3 Å². The molecule has 2 amide bonds. The van der Waals surface area contributed by atoms with Crippen LogP contribution in [-0.2, 0) is 11.2 Å². The zero-order chi connectivity index (χ0) is 28.3. The maximum absolute atomic E-state index is 13.6. The predicted octanol–water partition coefficient (Wildman–Crippen LogP) is 3.93. The fraction of sp³-hybridized carbons (Fsp3) is 0.310. The molecule has 2 aromatic carbocycles. The van der Waals surface area contributed by atoms with Gasteiger partial charge in [0.05, 0.1) is 28.8 Å². The van der Waals surface area contributed by atoms with E-state index >= 15 is 0 Å². The molecule has 0 aliphatic carbocycles. The van der Waals surface area contributed by atoms with E-state index in [0.717, 1.165) is 12.0 Å². The highest BCUT2D eigenvalue weighted by Gasteiger charge is 2.29. The standard InChI is InChI=1S/C29H29FN8O2/c30-23-8-3-5-20(17-23)12-13-33-27-25(10-11-26(36-27)24-9-2-1-6-21(24)18-31)28(39)34-19-22-7-4-15-38(29(22)40)16-14-35-37-32/h1-3,5-6,8-11,17,22,32H,4,7,12-16,19H2,(H-,33,34,36,39)/p+1. The van der Waals surface area contributed by atoms with E-state index in [0.29, 0.717) is 60.7 Å². The van der Waals surface area contributed by atoms with Crippen molar-refractivity contribution in [3.63, 3.8) is 0 Å². The van der Waals surface area contributed by atoms with Crippen molar-refractivity contribution in [3.05, 3.63) is 83.2 Å². The highest BCUT2D eigenvalue weighted by Crippen LogP contribution is 2.25. The largest absolute Gasteiger partial charge is 0.369 e. The topological polar surface area (TPSA) is 148 Å². The van der Waals surface area contributed by atoms with Gasteiger partial charge in [-0.1, -0.05) is 30.3 Å². The van der Waals surface area contributed by atoms with Gasteiger partial charge in [-0.15, -0.1) is 0 Å². The van der Waals surface area contributed by atoms with Crippen LogP contribution >= 0.6 is 0 Å². The number of benzene rings is 2. The smallest absolute Gasteiger partial charge is 0.255 e. The number of hydrogen-bond acceptors (Lipinski definition) is 7. The second-order valence-corrected chi connectivity index (χ2v) is 9.40. The van der Waals surface area contributed by atoms with Crippen molar-refractivity contribution in [2.75, 3.05) is 38.0 Å². The molecule has 1 unspecified atom stereocenters. The Morgan fingerprint density at radius 1 is 1.23 bits per heavy atom. The summed E-state index contributed by atoms with van der Waals surface area (Å²) in [6, 6.07) is 18.9. The lowest BCUT2D eigenvalue weighted by atomic mass is 9.96. The molecular weight excluding hydrogens is 511 g/mol. The summed E-state index contributed by atoms with van der Waals surface area (Å²) in [4.78, 5) is 35.5. The molecule has 1 aromatic heterocycles. The van der Waals surface area contributed by atoms with Crippen molar-refractivity contribution in [1.29, 1.82) is 10.8 Å². The first-order valence-electron chi connectivity index (χ1n) is 13.1. The third-order valence-electron chi connectivity index (χ3n) is 6.75. The van der Waals surface area contributed by atoms with Crippen LogP contribution < -0.4 is 15.5 Å². The zero-order valence-electron chi connectivity index (χ0n) is 21.9. The lowest BCUT2D eigenvalue weighted by molar-refractivity contribution is -0.138. The Balaban J connectivity index is 1.50. The lowest BCUT2D eigenvalue weighted by Crippen LogP contribution is -2.46. The van der Waals surface area contributed by atoms with Crippen LogP contribution in [0.4, 0.5) is 10.2 Å². The van der Waals surface area contributed by atoms with E-state index in [4.69, 9.17) is 5.53 Å².